The molecule has 0 aliphatic carbocycles. The van der Waals surface area contributed by atoms with E-state index < -0.39 is 20.7 Å². The fourth-order valence-corrected chi connectivity index (χ4v) is 5.58. The fourth-order valence-electron chi connectivity index (χ4n) is 4.07. The number of aliphatic carboxylic acids is 1. The Morgan fingerprint density at radius 1 is 0.848 bits per heavy atom. The van der Waals surface area contributed by atoms with Gasteiger partial charge in [-0.25, -0.2) is 13.2 Å². The molecule has 1 rings (SSSR count). The van der Waals surface area contributed by atoms with Crippen LogP contribution in [0.25, 0.3) is 0 Å². The van der Waals surface area contributed by atoms with Crippen molar-refractivity contribution >= 4 is 15.8 Å². The summed E-state index contributed by atoms with van der Waals surface area (Å²) >= 11 is 0. The number of carbonyl (C=O) groups is 1. The second-order valence-corrected chi connectivity index (χ2v) is 10.4. The third-order valence-electron chi connectivity index (χ3n) is 5.98. The summed E-state index contributed by atoms with van der Waals surface area (Å²) in [5.41, 5.74) is 0.822. The Morgan fingerprint density at radius 2 is 1.33 bits per heavy atom. The number of benzene rings is 1. The molecule has 5 nitrogen and oxygen atoms in total. The van der Waals surface area contributed by atoms with Crippen LogP contribution < -0.4 is 0 Å². The number of carboxylic acids is 1. The van der Waals surface area contributed by atoms with Gasteiger partial charge in [0, 0.05) is 13.1 Å². The third kappa shape index (κ3) is 9.36. The number of allylic oxidation sites excluding steroid dienone is 1. The highest BCUT2D eigenvalue weighted by Gasteiger charge is 2.33. The minimum atomic E-state index is -4.18. The summed E-state index contributed by atoms with van der Waals surface area (Å²) in [7, 11) is -4.18. The summed E-state index contributed by atoms with van der Waals surface area (Å²) in [6, 6.07) is 7.77. The second-order valence-electron chi connectivity index (χ2n) is 8.51. The number of nitrogens with zero attached hydrogens (tertiary/aromatic N) is 1. The molecule has 0 aliphatic rings. The predicted octanol–water partition coefficient (Wildman–Crippen LogP) is 6.97. The van der Waals surface area contributed by atoms with Gasteiger partial charge >= 0.3 is 5.97 Å². The lowest BCUT2D eigenvalue weighted by atomic mass is 10.0. The minimum absolute atomic E-state index is 0.0150. The van der Waals surface area contributed by atoms with Crippen LogP contribution in [0.5, 0.6) is 0 Å². The molecule has 0 saturated carbocycles. The molecule has 0 spiro atoms. The predicted molar refractivity (Wildman–Crippen MR) is 137 cm³/mol. The van der Waals surface area contributed by atoms with Crippen molar-refractivity contribution in [3.63, 3.8) is 0 Å². The van der Waals surface area contributed by atoms with Crippen LogP contribution in [0.2, 0.25) is 0 Å². The van der Waals surface area contributed by atoms with Gasteiger partial charge in [-0.05, 0) is 44.4 Å². The quantitative estimate of drug-likeness (QED) is 0.140. The first-order valence-electron chi connectivity index (χ1n) is 12.5. The van der Waals surface area contributed by atoms with E-state index in [9.17, 15) is 18.3 Å². The number of sulfone groups is 1. The van der Waals surface area contributed by atoms with Crippen molar-refractivity contribution in [3.05, 3.63) is 53.1 Å². The number of carboxylic acid groups (broad SMARTS) is 1. The molecule has 0 radical (unpaired) electrons. The van der Waals surface area contributed by atoms with Crippen molar-refractivity contribution in [2.24, 2.45) is 0 Å². The Labute approximate surface area is 201 Å². The Kier molecular flexibility index (Phi) is 13.8. The molecule has 0 atom stereocenters. The van der Waals surface area contributed by atoms with Crippen molar-refractivity contribution in [2.75, 3.05) is 13.1 Å². The highest BCUT2D eigenvalue weighted by molar-refractivity contribution is 7.96. The fraction of sp³-hybridized carbons (Fsp3) is 0.593. The lowest BCUT2D eigenvalue weighted by molar-refractivity contribution is -0.132. The van der Waals surface area contributed by atoms with Crippen LogP contribution in [0.1, 0.15) is 91.4 Å². The van der Waals surface area contributed by atoms with E-state index in [0.717, 1.165) is 19.3 Å². The molecular weight excluding hydrogens is 434 g/mol. The monoisotopic (exact) mass is 477 g/mol. The van der Waals surface area contributed by atoms with Crippen molar-refractivity contribution in [3.8, 4) is 0 Å². The minimum Gasteiger partial charge on any atom is -0.477 e. The first-order valence-corrected chi connectivity index (χ1v) is 14.0. The van der Waals surface area contributed by atoms with Gasteiger partial charge in [-0.1, -0.05) is 89.5 Å². The van der Waals surface area contributed by atoms with Gasteiger partial charge in [0.05, 0.1) is 10.6 Å². The Balaban J connectivity index is 2.92. The highest BCUT2D eigenvalue weighted by Crippen LogP contribution is 2.30. The van der Waals surface area contributed by atoms with Crippen LogP contribution in [0.4, 0.5) is 0 Å². The Hall–Kier alpha value is -2.08. The van der Waals surface area contributed by atoms with Gasteiger partial charge in [-0.15, -0.1) is 0 Å². The van der Waals surface area contributed by atoms with Gasteiger partial charge in [0.25, 0.3) is 0 Å². The summed E-state index contributed by atoms with van der Waals surface area (Å²) in [5, 5.41) is 9.97. The lowest BCUT2D eigenvalue weighted by Gasteiger charge is -2.28. The molecule has 0 unspecified atom stereocenters. The molecule has 1 N–H and O–H groups in total. The van der Waals surface area contributed by atoms with Crippen LogP contribution in [0.15, 0.2) is 58.0 Å². The van der Waals surface area contributed by atoms with E-state index in [-0.39, 0.29) is 10.6 Å². The van der Waals surface area contributed by atoms with Crippen molar-refractivity contribution in [2.45, 2.75) is 96.3 Å². The maximum atomic E-state index is 13.3. The summed E-state index contributed by atoms with van der Waals surface area (Å²) in [6.45, 7) is 11.2. The van der Waals surface area contributed by atoms with Crippen LogP contribution in [0.3, 0.4) is 0 Å². The molecule has 0 amide bonds. The zero-order chi connectivity index (χ0) is 24.7. The van der Waals surface area contributed by atoms with Gasteiger partial charge in [0.15, 0.2) is 4.91 Å². The van der Waals surface area contributed by atoms with Crippen molar-refractivity contribution in [1.82, 2.24) is 4.90 Å². The normalized spacial score (nSPS) is 12.3. The topological polar surface area (TPSA) is 74.7 Å². The summed E-state index contributed by atoms with van der Waals surface area (Å²) in [5.74, 6) is -1.44. The van der Waals surface area contributed by atoms with E-state index in [1.165, 1.54) is 57.1 Å². The van der Waals surface area contributed by atoms with E-state index >= 15 is 0 Å². The van der Waals surface area contributed by atoms with Gasteiger partial charge in [-0.2, -0.15) is 0 Å². The molecule has 6 heteroatoms. The van der Waals surface area contributed by atoms with E-state index in [4.69, 9.17) is 0 Å². The van der Waals surface area contributed by atoms with Gasteiger partial charge in [0.1, 0.15) is 0 Å². The molecule has 0 fully saturated rings. The molecule has 0 aliphatic heterocycles. The standard InChI is InChI=1S/C27H43NO4S/c1-5-8-9-10-11-12-13-14-15-17-20-23(4)25(28(6-2)7-3)26(27(29)30)33(31,32)24-21-18-16-19-22-24/h16,18-19,21-22H,4-15,17,20H2,1-3H3,(H,29,30). The highest BCUT2D eigenvalue weighted by atomic mass is 32.2. The Bertz CT molecular complexity index is 855. The first-order chi connectivity index (χ1) is 15.8. The van der Waals surface area contributed by atoms with Gasteiger partial charge in [-0.3, -0.25) is 0 Å². The molecule has 33 heavy (non-hydrogen) atoms. The molecule has 0 bridgehead atoms. The number of hydrogen-bond acceptors (Lipinski definition) is 4. The molecule has 1 aromatic carbocycles. The summed E-state index contributed by atoms with van der Waals surface area (Å²) < 4.78 is 26.6. The van der Waals surface area contributed by atoms with E-state index in [0.29, 0.717) is 25.1 Å². The third-order valence-corrected chi connectivity index (χ3v) is 7.78. The van der Waals surface area contributed by atoms with Gasteiger partial charge < -0.3 is 10.0 Å². The van der Waals surface area contributed by atoms with E-state index in [1.54, 1.807) is 23.1 Å². The van der Waals surface area contributed by atoms with Crippen LogP contribution in [-0.4, -0.2) is 37.5 Å². The molecule has 0 heterocycles. The smallest absolute Gasteiger partial charge is 0.349 e. The number of rotatable bonds is 18. The van der Waals surface area contributed by atoms with Crippen LogP contribution >= 0.6 is 0 Å². The van der Waals surface area contributed by atoms with E-state index in [1.807, 2.05) is 13.8 Å². The average Bonchev–Trinajstić information content (AvgIpc) is 2.80. The molecule has 0 aromatic heterocycles. The van der Waals surface area contributed by atoms with Crippen molar-refractivity contribution < 1.29 is 18.3 Å². The SMILES string of the molecule is C=C(CCCCCCCCCCCC)C(=C(C(=O)O)S(=O)(=O)c1ccccc1)N(CC)CC. The Morgan fingerprint density at radius 3 is 1.79 bits per heavy atom. The van der Waals surface area contributed by atoms with Crippen LogP contribution in [0, 0.1) is 0 Å². The number of unbranched alkanes of at least 4 members (excludes halogenated alkanes) is 9. The largest absolute Gasteiger partial charge is 0.477 e. The number of hydrogen-bond donors (Lipinski definition) is 1. The number of likely N-dealkylation sites (N-methyl/N-ethyl adjacent to an activating group) is 1. The van der Waals surface area contributed by atoms with Crippen molar-refractivity contribution in [1.29, 1.82) is 0 Å². The zero-order valence-corrected chi connectivity index (χ0v) is 21.6. The van der Waals surface area contributed by atoms with Gasteiger partial charge in [0.2, 0.25) is 9.84 Å². The lowest BCUT2D eigenvalue weighted by Crippen LogP contribution is -2.29. The molecule has 1 aromatic rings. The first kappa shape index (κ1) is 29.0. The zero-order valence-electron chi connectivity index (χ0n) is 20.8. The van der Waals surface area contributed by atoms with E-state index in [2.05, 4.69) is 13.5 Å². The average molecular weight is 478 g/mol. The summed E-state index contributed by atoms with van der Waals surface area (Å²) in [6.07, 6.45) is 12.6. The summed E-state index contributed by atoms with van der Waals surface area (Å²) in [4.78, 5) is 13.4. The van der Waals surface area contributed by atoms with Crippen LogP contribution in [-0.2, 0) is 14.6 Å². The molecular formula is C27H43NO4S. The maximum Gasteiger partial charge on any atom is 0.349 e. The maximum absolute atomic E-state index is 13.3. The molecule has 186 valence electrons. The molecule has 0 saturated heterocycles. The second kappa shape index (κ2) is 15.7.